The van der Waals surface area contributed by atoms with Crippen molar-refractivity contribution in [3.05, 3.63) is 41.7 Å². The van der Waals surface area contributed by atoms with Gasteiger partial charge >= 0.3 is 0 Å². The Morgan fingerprint density at radius 1 is 1.27 bits per heavy atom. The van der Waals surface area contributed by atoms with E-state index in [0.717, 1.165) is 18.5 Å². The van der Waals surface area contributed by atoms with Gasteiger partial charge in [0.25, 0.3) is 0 Å². The minimum absolute atomic E-state index is 0.0811. The fourth-order valence-electron chi connectivity index (χ4n) is 5.19. The summed E-state index contributed by atoms with van der Waals surface area (Å²) >= 11 is 0. The van der Waals surface area contributed by atoms with Gasteiger partial charge in [-0.2, -0.15) is 0 Å². The molecule has 3 heterocycles. The van der Waals surface area contributed by atoms with E-state index in [1.807, 2.05) is 38.6 Å². The van der Waals surface area contributed by atoms with Gasteiger partial charge < -0.3 is 19.9 Å². The SMILES string of the molecule is Cn1c(CCNC(=O)[C@@H]2C[C@@H](O)CN2C(=O)[C@@H](n2cc(C3CC3)nn2)C(C)(C)C)nc2c(F)cccc21. The van der Waals surface area contributed by atoms with Crippen molar-refractivity contribution in [3.63, 3.8) is 0 Å². The van der Waals surface area contributed by atoms with E-state index in [9.17, 15) is 19.1 Å². The molecule has 1 aliphatic carbocycles. The van der Waals surface area contributed by atoms with Crippen molar-refractivity contribution in [2.24, 2.45) is 12.5 Å². The van der Waals surface area contributed by atoms with Crippen LogP contribution in [-0.4, -0.2) is 71.6 Å². The van der Waals surface area contributed by atoms with Crippen molar-refractivity contribution in [1.29, 1.82) is 0 Å². The molecule has 2 aromatic heterocycles. The van der Waals surface area contributed by atoms with Crippen LogP contribution in [0, 0.1) is 11.2 Å². The Morgan fingerprint density at radius 2 is 2.03 bits per heavy atom. The third kappa shape index (κ3) is 4.96. The summed E-state index contributed by atoms with van der Waals surface area (Å²) in [5, 5.41) is 21.8. The number of carbonyl (C=O) groups excluding carboxylic acids is 2. The lowest BCUT2D eigenvalue weighted by Gasteiger charge is -2.34. The number of hydrogen-bond acceptors (Lipinski definition) is 6. The molecule has 5 rings (SSSR count). The molecule has 2 amide bonds. The number of nitrogens with one attached hydrogen (secondary N) is 1. The fourth-order valence-corrected chi connectivity index (χ4v) is 5.19. The van der Waals surface area contributed by atoms with Crippen LogP contribution in [0.1, 0.15) is 63.5 Å². The van der Waals surface area contributed by atoms with Crippen molar-refractivity contribution in [3.8, 4) is 0 Å². The summed E-state index contributed by atoms with van der Waals surface area (Å²) in [5.74, 6) is 0.0687. The number of fused-ring (bicyclic) bond motifs is 1. The quantitative estimate of drug-likeness (QED) is 0.502. The maximum atomic E-state index is 14.1. The van der Waals surface area contributed by atoms with Crippen LogP contribution in [0.15, 0.2) is 24.4 Å². The van der Waals surface area contributed by atoms with Crippen molar-refractivity contribution >= 4 is 22.8 Å². The Hall–Kier alpha value is -3.34. The van der Waals surface area contributed by atoms with Gasteiger partial charge in [0.15, 0.2) is 5.82 Å². The number of rotatable bonds is 7. The summed E-state index contributed by atoms with van der Waals surface area (Å²) < 4.78 is 17.5. The number of nitrogens with zero attached hydrogens (tertiary/aromatic N) is 6. The minimum atomic E-state index is -0.795. The van der Waals surface area contributed by atoms with E-state index in [0.29, 0.717) is 29.2 Å². The number of halogens is 1. The van der Waals surface area contributed by atoms with Crippen LogP contribution in [0.5, 0.6) is 0 Å². The number of aryl methyl sites for hydroxylation is 1. The highest BCUT2D eigenvalue weighted by atomic mass is 19.1. The van der Waals surface area contributed by atoms with E-state index in [-0.39, 0.29) is 37.1 Å². The number of aliphatic hydroxyl groups is 1. The molecule has 1 aliphatic heterocycles. The van der Waals surface area contributed by atoms with Crippen LogP contribution in [0.25, 0.3) is 11.0 Å². The number of para-hydroxylation sites is 1. The van der Waals surface area contributed by atoms with Gasteiger partial charge in [0.05, 0.1) is 17.3 Å². The minimum Gasteiger partial charge on any atom is -0.391 e. The molecule has 0 unspecified atom stereocenters. The van der Waals surface area contributed by atoms with Crippen molar-refractivity contribution < 1.29 is 19.1 Å². The number of likely N-dealkylation sites (tertiary alicyclic amines) is 1. The largest absolute Gasteiger partial charge is 0.391 e. The number of imidazole rings is 1. The van der Waals surface area contributed by atoms with Gasteiger partial charge in [-0.15, -0.1) is 5.10 Å². The predicted octanol–water partition coefficient (Wildman–Crippen LogP) is 2.09. The normalized spacial score (nSPS) is 21.0. The van der Waals surface area contributed by atoms with E-state index in [4.69, 9.17) is 0 Å². The van der Waals surface area contributed by atoms with Gasteiger partial charge in [-0.05, 0) is 30.4 Å². The third-order valence-electron chi connectivity index (χ3n) is 7.31. The molecule has 3 atom stereocenters. The highest BCUT2D eigenvalue weighted by Crippen LogP contribution is 2.40. The molecule has 2 N–H and O–H groups in total. The second-order valence-corrected chi connectivity index (χ2v) is 11.3. The molecule has 37 heavy (non-hydrogen) atoms. The number of amides is 2. The van der Waals surface area contributed by atoms with Crippen molar-refractivity contribution in [1.82, 2.24) is 34.8 Å². The number of hydrogen-bond donors (Lipinski definition) is 2. The number of carbonyl (C=O) groups is 2. The average Bonchev–Trinajstić information content (AvgIpc) is 3.30. The topological polar surface area (TPSA) is 118 Å². The van der Waals surface area contributed by atoms with Crippen LogP contribution in [0.2, 0.25) is 0 Å². The Kier molecular flexibility index (Phi) is 6.51. The standard InChI is InChI=1S/C26H34FN7O3/c1-26(2,3)23(34-14-18(30-31-34)15-8-9-15)25(37)33-13-16(35)12-20(33)24(36)28-11-10-21-29-22-17(27)6-5-7-19(22)32(21)4/h5-7,14-16,20,23,35H,8-13H2,1-4H3,(H,28,36)/t16-,20+,23-/m1/s1. The molecule has 0 bridgehead atoms. The predicted molar refractivity (Wildman–Crippen MR) is 134 cm³/mol. The highest BCUT2D eigenvalue weighted by molar-refractivity contribution is 5.90. The van der Waals surface area contributed by atoms with E-state index in [1.165, 1.54) is 11.0 Å². The van der Waals surface area contributed by atoms with Crippen LogP contribution < -0.4 is 5.32 Å². The van der Waals surface area contributed by atoms with Crippen LogP contribution in [-0.2, 0) is 23.1 Å². The Bertz CT molecular complexity index is 1320. The first-order valence-corrected chi connectivity index (χ1v) is 12.8. The summed E-state index contributed by atoms with van der Waals surface area (Å²) in [6.07, 6.45) is 3.77. The zero-order valence-electron chi connectivity index (χ0n) is 21.7. The molecule has 1 aromatic carbocycles. The van der Waals surface area contributed by atoms with Crippen molar-refractivity contribution in [2.75, 3.05) is 13.1 Å². The monoisotopic (exact) mass is 511 g/mol. The number of aliphatic hydroxyl groups excluding tert-OH is 1. The van der Waals surface area contributed by atoms with Gasteiger partial charge in [-0.25, -0.2) is 14.1 Å². The first-order valence-electron chi connectivity index (χ1n) is 12.8. The summed E-state index contributed by atoms with van der Waals surface area (Å²) in [4.78, 5) is 32.8. The highest BCUT2D eigenvalue weighted by Gasteiger charge is 2.45. The smallest absolute Gasteiger partial charge is 0.248 e. The fraction of sp³-hybridized carbons (Fsp3) is 0.577. The molecule has 2 aliphatic rings. The summed E-state index contributed by atoms with van der Waals surface area (Å²) in [6.45, 7) is 6.21. The van der Waals surface area contributed by atoms with Gasteiger partial charge in [-0.3, -0.25) is 9.59 Å². The zero-order chi connectivity index (χ0) is 26.5. The Morgan fingerprint density at radius 3 is 2.70 bits per heavy atom. The lowest BCUT2D eigenvalue weighted by molar-refractivity contribution is -0.144. The van der Waals surface area contributed by atoms with Gasteiger partial charge in [0.2, 0.25) is 11.8 Å². The van der Waals surface area contributed by atoms with Crippen LogP contribution in [0.4, 0.5) is 4.39 Å². The third-order valence-corrected chi connectivity index (χ3v) is 7.31. The molecule has 198 valence electrons. The molecule has 3 aromatic rings. The van der Waals surface area contributed by atoms with E-state index in [2.05, 4.69) is 20.6 Å². The molecule has 10 nitrogen and oxygen atoms in total. The molecule has 1 saturated heterocycles. The first-order chi connectivity index (χ1) is 17.5. The van der Waals surface area contributed by atoms with Crippen LogP contribution in [0.3, 0.4) is 0 Å². The molecule has 1 saturated carbocycles. The summed E-state index contributed by atoms with van der Waals surface area (Å²) in [7, 11) is 1.81. The van der Waals surface area contributed by atoms with Gasteiger partial charge in [0.1, 0.15) is 23.4 Å². The van der Waals surface area contributed by atoms with E-state index >= 15 is 0 Å². The number of benzene rings is 1. The lowest BCUT2D eigenvalue weighted by atomic mass is 9.85. The molecule has 0 spiro atoms. The molecular formula is C26H34FN7O3. The second-order valence-electron chi connectivity index (χ2n) is 11.3. The molecule has 0 radical (unpaired) electrons. The molecule has 11 heteroatoms. The number of aromatic nitrogens is 5. The van der Waals surface area contributed by atoms with Gasteiger partial charge in [-0.1, -0.05) is 32.1 Å². The van der Waals surface area contributed by atoms with Crippen LogP contribution >= 0.6 is 0 Å². The average molecular weight is 512 g/mol. The Labute approximate surface area is 214 Å². The summed E-state index contributed by atoms with van der Waals surface area (Å²) in [5.41, 5.74) is 1.38. The first kappa shape index (κ1) is 25.3. The lowest BCUT2D eigenvalue weighted by Crippen LogP contribution is -2.50. The molecular weight excluding hydrogens is 477 g/mol. The maximum absolute atomic E-state index is 14.1. The number of β-amino-alcohol motifs (C(OH)–C–C–N with tert-alkyl or cyclic N) is 1. The second kappa shape index (κ2) is 9.51. The van der Waals surface area contributed by atoms with Gasteiger partial charge in [0, 0.05) is 45.1 Å². The van der Waals surface area contributed by atoms with E-state index < -0.39 is 23.6 Å². The maximum Gasteiger partial charge on any atom is 0.248 e. The van der Waals surface area contributed by atoms with Crippen molar-refractivity contribution in [2.45, 2.75) is 70.6 Å². The van der Waals surface area contributed by atoms with E-state index in [1.54, 1.807) is 16.8 Å². The molecule has 2 fully saturated rings. The summed E-state index contributed by atoms with van der Waals surface area (Å²) in [6, 6.07) is 3.35. The Balaban J connectivity index is 1.28. The zero-order valence-corrected chi connectivity index (χ0v) is 21.7.